The highest BCUT2D eigenvalue weighted by atomic mass is 19.4. The van der Waals surface area contributed by atoms with Crippen LogP contribution in [0.25, 0.3) is 0 Å². The second-order valence-corrected chi connectivity index (χ2v) is 5.58. The van der Waals surface area contributed by atoms with E-state index in [1.54, 1.807) is 0 Å². The lowest BCUT2D eigenvalue weighted by Gasteiger charge is -2.30. The van der Waals surface area contributed by atoms with Gasteiger partial charge in [-0.1, -0.05) is 12.8 Å². The van der Waals surface area contributed by atoms with Gasteiger partial charge in [0.05, 0.1) is 6.61 Å². The smallest absolute Gasteiger partial charge is 0.371 e. The molecule has 2 fully saturated rings. The van der Waals surface area contributed by atoms with Gasteiger partial charge in [-0.05, 0) is 37.5 Å². The minimum atomic E-state index is -4.21. The molecule has 0 radical (unpaired) electrons. The van der Waals surface area contributed by atoms with Crippen molar-refractivity contribution in [1.29, 1.82) is 0 Å². The van der Waals surface area contributed by atoms with Crippen LogP contribution in [0.3, 0.4) is 0 Å². The lowest BCUT2D eigenvalue weighted by Crippen LogP contribution is -2.37. The molecule has 0 aromatic rings. The van der Waals surface area contributed by atoms with Crippen LogP contribution in [0.2, 0.25) is 0 Å². The predicted molar refractivity (Wildman–Crippen MR) is 63.3 cm³/mol. The van der Waals surface area contributed by atoms with E-state index in [0.717, 1.165) is 18.3 Å². The highest BCUT2D eigenvalue weighted by Gasteiger charge is 2.34. The quantitative estimate of drug-likeness (QED) is 0.745. The van der Waals surface area contributed by atoms with Crippen molar-refractivity contribution >= 4 is 0 Å². The Balaban J connectivity index is 1.53. The molecule has 106 valence electrons. The lowest BCUT2D eigenvalue weighted by atomic mass is 9.83. The van der Waals surface area contributed by atoms with Gasteiger partial charge in [-0.25, -0.2) is 0 Å². The summed E-state index contributed by atoms with van der Waals surface area (Å²) >= 11 is 0. The van der Waals surface area contributed by atoms with Gasteiger partial charge < -0.3 is 10.1 Å². The Labute approximate surface area is 106 Å². The van der Waals surface area contributed by atoms with E-state index in [-0.39, 0.29) is 6.61 Å². The molecule has 2 aliphatic rings. The number of nitrogens with one attached hydrogen (secondary N) is 1. The Hall–Kier alpha value is -0.290. The lowest BCUT2D eigenvalue weighted by molar-refractivity contribution is -0.173. The van der Waals surface area contributed by atoms with E-state index in [9.17, 15) is 13.2 Å². The van der Waals surface area contributed by atoms with Crippen LogP contribution in [0.4, 0.5) is 13.2 Å². The second kappa shape index (κ2) is 6.24. The summed E-state index contributed by atoms with van der Waals surface area (Å²) in [5.41, 5.74) is 0. The molecule has 0 amide bonds. The van der Waals surface area contributed by atoms with E-state index in [4.69, 9.17) is 0 Å². The fourth-order valence-corrected chi connectivity index (χ4v) is 2.93. The topological polar surface area (TPSA) is 21.3 Å². The highest BCUT2D eigenvalue weighted by molar-refractivity contribution is 4.87. The Bertz CT molecular complexity index is 253. The number of halogens is 3. The van der Waals surface area contributed by atoms with Crippen LogP contribution in [0.15, 0.2) is 0 Å². The van der Waals surface area contributed by atoms with Crippen LogP contribution >= 0.6 is 0 Å². The summed E-state index contributed by atoms with van der Waals surface area (Å²) in [6.45, 7) is -0.466. The molecule has 0 saturated heterocycles. The van der Waals surface area contributed by atoms with E-state index in [2.05, 4.69) is 10.1 Å². The van der Waals surface area contributed by atoms with Crippen molar-refractivity contribution in [2.45, 2.75) is 50.7 Å². The summed E-state index contributed by atoms with van der Waals surface area (Å²) in [6.07, 6.45) is 3.50. The summed E-state index contributed by atoms with van der Waals surface area (Å²) in [5, 5.41) is 3.33. The first kappa shape index (κ1) is 14.1. The molecular weight excluding hydrogens is 243 g/mol. The maximum atomic E-state index is 11.8. The molecule has 0 spiro atoms. The maximum Gasteiger partial charge on any atom is 0.411 e. The van der Waals surface area contributed by atoms with E-state index in [1.165, 1.54) is 32.1 Å². The van der Waals surface area contributed by atoms with E-state index >= 15 is 0 Å². The number of alkyl halides is 3. The molecule has 0 aliphatic heterocycles. The molecule has 2 aliphatic carbocycles. The second-order valence-electron chi connectivity index (χ2n) is 5.58. The van der Waals surface area contributed by atoms with Crippen molar-refractivity contribution in [3.05, 3.63) is 0 Å². The van der Waals surface area contributed by atoms with Gasteiger partial charge in [-0.2, -0.15) is 13.2 Å². The van der Waals surface area contributed by atoms with Crippen molar-refractivity contribution in [3.8, 4) is 0 Å². The number of rotatable bonds is 6. The fraction of sp³-hybridized carbons (Fsp3) is 1.00. The summed E-state index contributed by atoms with van der Waals surface area (Å²) in [4.78, 5) is 0. The molecule has 2 nitrogen and oxygen atoms in total. The Kier molecular flexibility index (Phi) is 4.90. The molecule has 18 heavy (non-hydrogen) atoms. The molecule has 2 saturated carbocycles. The monoisotopic (exact) mass is 265 g/mol. The molecule has 0 heterocycles. The molecular formula is C13H22F3NO. The first-order valence-electron chi connectivity index (χ1n) is 6.92. The van der Waals surface area contributed by atoms with Crippen LogP contribution in [-0.4, -0.2) is 32.0 Å². The summed E-state index contributed by atoms with van der Waals surface area (Å²) in [5.74, 6) is 1.79. The van der Waals surface area contributed by atoms with Gasteiger partial charge in [0.15, 0.2) is 0 Å². The van der Waals surface area contributed by atoms with E-state index < -0.39 is 12.8 Å². The highest BCUT2D eigenvalue weighted by Crippen LogP contribution is 2.43. The predicted octanol–water partition coefficient (Wildman–Crippen LogP) is 3.12. The first-order chi connectivity index (χ1) is 8.54. The molecule has 2 rings (SSSR count). The van der Waals surface area contributed by atoms with Gasteiger partial charge >= 0.3 is 6.18 Å². The van der Waals surface area contributed by atoms with Crippen molar-refractivity contribution in [2.24, 2.45) is 11.8 Å². The first-order valence-corrected chi connectivity index (χ1v) is 6.92. The Morgan fingerprint density at radius 2 is 1.83 bits per heavy atom. The SMILES string of the molecule is FC(F)(F)COCCNC1CCCC(C2CC2)C1. The molecule has 0 bridgehead atoms. The third-order valence-corrected chi connectivity index (χ3v) is 3.95. The summed E-state index contributed by atoms with van der Waals surface area (Å²) in [6, 6.07) is 0.485. The fourth-order valence-electron chi connectivity index (χ4n) is 2.93. The zero-order chi connectivity index (χ0) is 13.0. The normalized spacial score (nSPS) is 29.5. The van der Waals surface area contributed by atoms with Crippen molar-refractivity contribution in [2.75, 3.05) is 19.8 Å². The minimum absolute atomic E-state index is 0.143. The van der Waals surface area contributed by atoms with Crippen LogP contribution in [0, 0.1) is 11.8 Å². The molecule has 5 heteroatoms. The third kappa shape index (κ3) is 5.14. The molecule has 0 aromatic heterocycles. The van der Waals surface area contributed by atoms with E-state index in [1.807, 2.05) is 0 Å². The molecule has 2 unspecified atom stereocenters. The Morgan fingerprint density at radius 3 is 2.50 bits per heavy atom. The van der Waals surface area contributed by atoms with Crippen LogP contribution in [-0.2, 0) is 4.74 Å². The van der Waals surface area contributed by atoms with Crippen LogP contribution < -0.4 is 5.32 Å². The molecule has 0 aromatic carbocycles. The van der Waals surface area contributed by atoms with Gasteiger partial charge in [0.2, 0.25) is 0 Å². The van der Waals surface area contributed by atoms with Gasteiger partial charge in [0, 0.05) is 12.6 Å². The van der Waals surface area contributed by atoms with Crippen molar-refractivity contribution in [1.82, 2.24) is 5.32 Å². The average molecular weight is 265 g/mol. The number of ether oxygens (including phenoxy) is 1. The zero-order valence-electron chi connectivity index (χ0n) is 10.6. The van der Waals surface area contributed by atoms with Gasteiger partial charge in [0.1, 0.15) is 6.61 Å². The standard InChI is InChI=1S/C13H22F3NO/c14-13(15,16)9-18-7-6-17-12-3-1-2-11(8-12)10-4-5-10/h10-12,17H,1-9H2. The van der Waals surface area contributed by atoms with Crippen molar-refractivity contribution < 1.29 is 17.9 Å². The molecule has 2 atom stereocenters. The Morgan fingerprint density at radius 1 is 1.06 bits per heavy atom. The maximum absolute atomic E-state index is 11.8. The minimum Gasteiger partial charge on any atom is -0.371 e. The van der Waals surface area contributed by atoms with Gasteiger partial charge in [-0.15, -0.1) is 0 Å². The average Bonchev–Trinajstić information content (AvgIpc) is 3.11. The number of hydrogen-bond donors (Lipinski definition) is 1. The largest absolute Gasteiger partial charge is 0.411 e. The zero-order valence-corrected chi connectivity index (χ0v) is 10.6. The molecule has 1 N–H and O–H groups in total. The third-order valence-electron chi connectivity index (χ3n) is 3.95. The summed E-state index contributed by atoms with van der Waals surface area (Å²) < 4.78 is 40.1. The summed E-state index contributed by atoms with van der Waals surface area (Å²) in [7, 11) is 0. The van der Waals surface area contributed by atoms with E-state index in [0.29, 0.717) is 12.6 Å². The van der Waals surface area contributed by atoms with Gasteiger partial charge in [-0.3, -0.25) is 0 Å². The van der Waals surface area contributed by atoms with Crippen LogP contribution in [0.5, 0.6) is 0 Å². The number of hydrogen-bond acceptors (Lipinski definition) is 2. The van der Waals surface area contributed by atoms with Crippen LogP contribution in [0.1, 0.15) is 38.5 Å². The van der Waals surface area contributed by atoms with Crippen molar-refractivity contribution in [3.63, 3.8) is 0 Å². The van der Waals surface area contributed by atoms with Gasteiger partial charge in [0.25, 0.3) is 0 Å².